The highest BCUT2D eigenvalue weighted by molar-refractivity contribution is 5.76. The number of hydrogen-bond acceptors (Lipinski definition) is 4. The Labute approximate surface area is 123 Å². The summed E-state index contributed by atoms with van der Waals surface area (Å²) in [5.74, 6) is -0.672. The van der Waals surface area contributed by atoms with Gasteiger partial charge in [-0.05, 0) is 19.8 Å². The Morgan fingerprint density at radius 2 is 1.86 bits per heavy atom. The van der Waals surface area contributed by atoms with Gasteiger partial charge in [-0.3, -0.25) is 19.1 Å². The topological polar surface area (TPSA) is 95.4 Å². The van der Waals surface area contributed by atoms with Gasteiger partial charge in [0, 0.05) is 26.1 Å². The van der Waals surface area contributed by atoms with Crippen LogP contribution in [0, 0.1) is 0 Å². The molecule has 118 valence electrons. The standard InChI is InChI=1S/C14H23N3O4/c1-5-16(6-2)10(18)7-8-17-13(20)11(9(3)4)12(19)15-14(17)21/h9,20H,5-8H2,1-4H3,(H,15,19,21). The maximum absolute atomic E-state index is 11.9. The van der Waals surface area contributed by atoms with Gasteiger partial charge in [0.15, 0.2) is 0 Å². The second-order valence-electron chi connectivity index (χ2n) is 5.12. The number of H-pyrrole nitrogens is 1. The van der Waals surface area contributed by atoms with Crippen LogP contribution < -0.4 is 11.2 Å². The molecule has 0 aliphatic carbocycles. The smallest absolute Gasteiger partial charge is 0.331 e. The molecule has 0 unspecified atom stereocenters. The molecular weight excluding hydrogens is 274 g/mol. The van der Waals surface area contributed by atoms with Crippen molar-refractivity contribution < 1.29 is 9.90 Å². The second kappa shape index (κ2) is 7.10. The summed E-state index contributed by atoms with van der Waals surface area (Å²) in [5, 5.41) is 10.1. The van der Waals surface area contributed by atoms with E-state index >= 15 is 0 Å². The summed E-state index contributed by atoms with van der Waals surface area (Å²) in [5.41, 5.74) is -1.13. The predicted molar refractivity (Wildman–Crippen MR) is 79.6 cm³/mol. The van der Waals surface area contributed by atoms with Crippen molar-refractivity contribution in [3.8, 4) is 5.88 Å². The van der Waals surface area contributed by atoms with Crippen molar-refractivity contribution >= 4 is 5.91 Å². The number of amides is 1. The molecule has 21 heavy (non-hydrogen) atoms. The van der Waals surface area contributed by atoms with Crippen LogP contribution in [0.1, 0.15) is 45.6 Å². The summed E-state index contributed by atoms with van der Waals surface area (Å²) in [4.78, 5) is 39.2. The zero-order valence-corrected chi connectivity index (χ0v) is 13.0. The molecule has 1 amide bonds. The van der Waals surface area contributed by atoms with Crippen molar-refractivity contribution in [2.75, 3.05) is 13.1 Å². The van der Waals surface area contributed by atoms with Crippen LogP contribution >= 0.6 is 0 Å². The third-order valence-corrected chi connectivity index (χ3v) is 3.45. The number of aromatic hydroxyl groups is 1. The van der Waals surface area contributed by atoms with E-state index in [4.69, 9.17) is 0 Å². The highest BCUT2D eigenvalue weighted by Crippen LogP contribution is 2.19. The van der Waals surface area contributed by atoms with Crippen molar-refractivity contribution in [2.45, 2.75) is 46.6 Å². The van der Waals surface area contributed by atoms with Crippen LogP contribution in [0.15, 0.2) is 9.59 Å². The predicted octanol–water partition coefficient (Wildman–Crippen LogP) is 0.624. The molecule has 1 aromatic heterocycles. The van der Waals surface area contributed by atoms with Gasteiger partial charge in [-0.25, -0.2) is 4.79 Å². The van der Waals surface area contributed by atoms with Gasteiger partial charge in [0.05, 0.1) is 5.56 Å². The average Bonchev–Trinajstić information content (AvgIpc) is 2.38. The Hall–Kier alpha value is -2.05. The minimum Gasteiger partial charge on any atom is -0.494 e. The van der Waals surface area contributed by atoms with Crippen molar-refractivity contribution in [2.24, 2.45) is 0 Å². The van der Waals surface area contributed by atoms with E-state index in [1.165, 1.54) is 0 Å². The molecule has 2 N–H and O–H groups in total. The van der Waals surface area contributed by atoms with E-state index in [0.29, 0.717) is 13.1 Å². The number of carbonyl (C=O) groups excluding carboxylic acids is 1. The van der Waals surface area contributed by atoms with Crippen molar-refractivity contribution in [1.82, 2.24) is 14.5 Å². The molecular formula is C14H23N3O4. The molecule has 0 fully saturated rings. The van der Waals surface area contributed by atoms with Gasteiger partial charge in [-0.15, -0.1) is 0 Å². The first-order valence-electron chi connectivity index (χ1n) is 7.17. The lowest BCUT2D eigenvalue weighted by molar-refractivity contribution is -0.131. The lowest BCUT2D eigenvalue weighted by Crippen LogP contribution is -2.35. The van der Waals surface area contributed by atoms with Crippen LogP contribution in [0.5, 0.6) is 5.88 Å². The van der Waals surface area contributed by atoms with E-state index < -0.39 is 11.2 Å². The normalized spacial score (nSPS) is 10.9. The number of aromatic amines is 1. The second-order valence-corrected chi connectivity index (χ2v) is 5.12. The fraction of sp³-hybridized carbons (Fsp3) is 0.643. The van der Waals surface area contributed by atoms with Crippen molar-refractivity contribution in [1.29, 1.82) is 0 Å². The van der Waals surface area contributed by atoms with Gasteiger partial charge in [-0.2, -0.15) is 0 Å². The molecule has 0 saturated carbocycles. The molecule has 0 bridgehead atoms. The fourth-order valence-electron chi connectivity index (χ4n) is 2.24. The molecule has 1 rings (SSSR count). The summed E-state index contributed by atoms with van der Waals surface area (Å²) >= 11 is 0. The first kappa shape index (κ1) is 17.0. The third-order valence-electron chi connectivity index (χ3n) is 3.45. The van der Waals surface area contributed by atoms with E-state index in [1.54, 1.807) is 18.7 Å². The van der Waals surface area contributed by atoms with Gasteiger partial charge < -0.3 is 10.0 Å². The number of nitrogens with one attached hydrogen (secondary N) is 1. The molecule has 0 aliphatic heterocycles. The van der Waals surface area contributed by atoms with Crippen molar-refractivity contribution in [3.63, 3.8) is 0 Å². The zero-order chi connectivity index (χ0) is 16.2. The molecule has 7 nitrogen and oxygen atoms in total. The Kier molecular flexibility index (Phi) is 5.75. The quantitative estimate of drug-likeness (QED) is 0.804. The summed E-state index contributed by atoms with van der Waals surface area (Å²) in [6, 6.07) is 0. The SMILES string of the molecule is CCN(CC)C(=O)CCn1c(O)c(C(C)C)c(=O)[nH]c1=O. The molecule has 0 atom stereocenters. The van der Waals surface area contributed by atoms with E-state index in [0.717, 1.165) is 4.57 Å². The highest BCUT2D eigenvalue weighted by atomic mass is 16.3. The number of hydrogen-bond donors (Lipinski definition) is 2. The zero-order valence-electron chi connectivity index (χ0n) is 13.0. The van der Waals surface area contributed by atoms with E-state index in [1.807, 2.05) is 13.8 Å². The molecule has 0 saturated heterocycles. The molecule has 1 aromatic rings. The number of carbonyl (C=O) groups is 1. The van der Waals surface area contributed by atoms with Crippen LogP contribution in [0.25, 0.3) is 0 Å². The van der Waals surface area contributed by atoms with Crippen LogP contribution in [-0.2, 0) is 11.3 Å². The molecule has 7 heteroatoms. The Morgan fingerprint density at radius 1 is 1.29 bits per heavy atom. The van der Waals surface area contributed by atoms with Crippen LogP contribution in [0.4, 0.5) is 0 Å². The van der Waals surface area contributed by atoms with E-state index in [9.17, 15) is 19.5 Å². The van der Waals surface area contributed by atoms with Gasteiger partial charge >= 0.3 is 5.69 Å². The highest BCUT2D eigenvalue weighted by Gasteiger charge is 2.18. The summed E-state index contributed by atoms with van der Waals surface area (Å²) < 4.78 is 1.04. The fourth-order valence-corrected chi connectivity index (χ4v) is 2.24. The maximum Gasteiger partial charge on any atom is 0.331 e. The molecule has 0 aromatic carbocycles. The van der Waals surface area contributed by atoms with Crippen LogP contribution in [0.3, 0.4) is 0 Å². The van der Waals surface area contributed by atoms with Crippen LogP contribution in [0.2, 0.25) is 0 Å². The van der Waals surface area contributed by atoms with Crippen LogP contribution in [-0.4, -0.2) is 38.6 Å². The minimum absolute atomic E-state index is 0.0382. The number of nitrogens with zero attached hydrogens (tertiary/aromatic N) is 2. The molecule has 0 spiro atoms. The summed E-state index contributed by atoms with van der Waals surface area (Å²) in [6.07, 6.45) is 0.0960. The monoisotopic (exact) mass is 297 g/mol. The van der Waals surface area contributed by atoms with Gasteiger partial charge in [0.1, 0.15) is 0 Å². The molecule has 0 aliphatic rings. The average molecular weight is 297 g/mol. The largest absolute Gasteiger partial charge is 0.494 e. The lowest BCUT2D eigenvalue weighted by atomic mass is 10.1. The lowest BCUT2D eigenvalue weighted by Gasteiger charge is -2.19. The Balaban J connectivity index is 3.05. The van der Waals surface area contributed by atoms with E-state index in [-0.39, 0.29) is 36.2 Å². The molecule has 1 heterocycles. The van der Waals surface area contributed by atoms with Gasteiger partial charge in [0.25, 0.3) is 5.56 Å². The number of aromatic nitrogens is 2. The first-order valence-corrected chi connectivity index (χ1v) is 7.17. The van der Waals surface area contributed by atoms with Gasteiger partial charge in [-0.1, -0.05) is 13.8 Å². The van der Waals surface area contributed by atoms with Crippen molar-refractivity contribution in [3.05, 3.63) is 26.4 Å². The summed E-state index contributed by atoms with van der Waals surface area (Å²) in [7, 11) is 0. The number of rotatable bonds is 6. The van der Waals surface area contributed by atoms with Gasteiger partial charge in [0.2, 0.25) is 11.8 Å². The first-order chi connectivity index (χ1) is 9.83. The molecule has 0 radical (unpaired) electrons. The third kappa shape index (κ3) is 3.74. The summed E-state index contributed by atoms with van der Waals surface area (Å²) in [6.45, 7) is 8.48. The van der Waals surface area contributed by atoms with E-state index in [2.05, 4.69) is 4.98 Å². The minimum atomic E-state index is -0.700. The Bertz CT molecular complexity index is 612. The Morgan fingerprint density at radius 3 is 2.33 bits per heavy atom. The maximum atomic E-state index is 11.9.